The van der Waals surface area contributed by atoms with E-state index in [1.807, 2.05) is 39.0 Å². The molecule has 0 aliphatic rings. The summed E-state index contributed by atoms with van der Waals surface area (Å²) < 4.78 is 10.8. The van der Waals surface area contributed by atoms with Crippen LogP contribution in [0.5, 0.6) is 11.5 Å². The Hall–Kier alpha value is -3.40. The number of esters is 2. The van der Waals surface area contributed by atoms with Crippen molar-refractivity contribution in [2.24, 2.45) is 0 Å². The van der Waals surface area contributed by atoms with Gasteiger partial charge in [0.1, 0.15) is 11.5 Å². The Bertz CT molecular complexity index is 950. The molecular weight excluding hydrogens is 340 g/mol. The second kappa shape index (κ2) is 7.87. The predicted octanol–water partition coefficient (Wildman–Crippen LogP) is 5.05. The van der Waals surface area contributed by atoms with E-state index in [-0.39, 0.29) is 0 Å². The minimum atomic E-state index is -0.480. The number of rotatable bonds is 4. The number of para-hydroxylation sites is 1. The summed E-state index contributed by atoms with van der Waals surface area (Å²) in [6.45, 7) is 5.81. The molecule has 3 rings (SSSR count). The molecule has 0 spiro atoms. The van der Waals surface area contributed by atoms with Gasteiger partial charge in [-0.2, -0.15) is 0 Å². The summed E-state index contributed by atoms with van der Waals surface area (Å²) in [4.78, 5) is 24.6. The van der Waals surface area contributed by atoms with Crippen LogP contribution in [-0.4, -0.2) is 11.9 Å². The van der Waals surface area contributed by atoms with E-state index in [0.29, 0.717) is 22.6 Å². The summed E-state index contributed by atoms with van der Waals surface area (Å²) in [5.41, 5.74) is 3.66. The van der Waals surface area contributed by atoms with Gasteiger partial charge in [0, 0.05) is 0 Å². The second-order valence-corrected chi connectivity index (χ2v) is 6.40. The van der Waals surface area contributed by atoms with Crippen LogP contribution in [0.2, 0.25) is 0 Å². The molecule has 0 unspecified atom stereocenters. The highest BCUT2D eigenvalue weighted by atomic mass is 16.5. The average Bonchev–Trinajstić information content (AvgIpc) is 2.65. The lowest BCUT2D eigenvalue weighted by Gasteiger charge is -2.12. The summed E-state index contributed by atoms with van der Waals surface area (Å²) in [5.74, 6) is 0.0915. The highest BCUT2D eigenvalue weighted by Gasteiger charge is 2.14. The van der Waals surface area contributed by atoms with Crippen LogP contribution in [0, 0.1) is 20.8 Å². The number of hydrogen-bond acceptors (Lipinski definition) is 4. The maximum atomic E-state index is 12.4. The molecule has 0 amide bonds. The summed E-state index contributed by atoms with van der Waals surface area (Å²) in [6, 6.07) is 19.0. The zero-order chi connectivity index (χ0) is 19.4. The van der Waals surface area contributed by atoms with Crippen LogP contribution in [0.4, 0.5) is 0 Å². The first-order valence-corrected chi connectivity index (χ1v) is 8.61. The first kappa shape index (κ1) is 18.4. The third-order valence-corrected chi connectivity index (χ3v) is 4.11. The number of carbonyl (C=O) groups is 2. The van der Waals surface area contributed by atoms with Gasteiger partial charge in [0.05, 0.1) is 11.1 Å². The van der Waals surface area contributed by atoms with Crippen molar-refractivity contribution in [2.45, 2.75) is 20.8 Å². The molecule has 0 bridgehead atoms. The van der Waals surface area contributed by atoms with Gasteiger partial charge in [0.2, 0.25) is 0 Å². The number of ether oxygens (including phenoxy) is 2. The number of carbonyl (C=O) groups excluding carboxylic acids is 2. The van der Waals surface area contributed by atoms with Crippen molar-refractivity contribution in [3.8, 4) is 11.5 Å². The zero-order valence-corrected chi connectivity index (χ0v) is 15.5. The van der Waals surface area contributed by atoms with Crippen LogP contribution in [0.3, 0.4) is 0 Å². The fourth-order valence-corrected chi connectivity index (χ4v) is 2.88. The van der Waals surface area contributed by atoms with Crippen LogP contribution in [0.25, 0.3) is 0 Å². The Labute approximate surface area is 158 Å². The third-order valence-electron chi connectivity index (χ3n) is 4.11. The van der Waals surface area contributed by atoms with E-state index in [9.17, 15) is 9.59 Å². The molecule has 0 fully saturated rings. The normalized spacial score (nSPS) is 10.3. The Morgan fingerprint density at radius 2 is 1.15 bits per heavy atom. The molecule has 136 valence electrons. The fraction of sp³-hybridized carbons (Fsp3) is 0.130. The minimum Gasteiger partial charge on any atom is -0.423 e. The molecule has 0 aliphatic heterocycles. The quantitative estimate of drug-likeness (QED) is 0.482. The average molecular weight is 360 g/mol. The van der Waals surface area contributed by atoms with Crippen molar-refractivity contribution in [3.63, 3.8) is 0 Å². The van der Waals surface area contributed by atoms with E-state index in [0.717, 1.165) is 16.7 Å². The van der Waals surface area contributed by atoms with Gasteiger partial charge in [-0.05, 0) is 68.3 Å². The summed E-state index contributed by atoms with van der Waals surface area (Å²) in [6.07, 6.45) is 0. The smallest absolute Gasteiger partial charge is 0.343 e. The third kappa shape index (κ3) is 4.42. The molecule has 3 aromatic rings. The van der Waals surface area contributed by atoms with Crippen molar-refractivity contribution in [1.29, 1.82) is 0 Å². The van der Waals surface area contributed by atoms with Gasteiger partial charge in [0.15, 0.2) is 0 Å². The summed E-state index contributed by atoms with van der Waals surface area (Å²) in [7, 11) is 0. The molecule has 27 heavy (non-hydrogen) atoms. The summed E-state index contributed by atoms with van der Waals surface area (Å²) >= 11 is 0. The van der Waals surface area contributed by atoms with Crippen LogP contribution in [0.15, 0.2) is 66.7 Å². The number of aryl methyl sites for hydroxylation is 3. The Kier molecular flexibility index (Phi) is 5.36. The van der Waals surface area contributed by atoms with Gasteiger partial charge in [-0.3, -0.25) is 0 Å². The molecule has 0 N–H and O–H groups in total. The molecule has 0 saturated carbocycles. The lowest BCUT2D eigenvalue weighted by atomic mass is 10.1. The second-order valence-electron chi connectivity index (χ2n) is 6.40. The largest absolute Gasteiger partial charge is 0.423 e. The highest BCUT2D eigenvalue weighted by molar-refractivity contribution is 5.95. The fourth-order valence-electron chi connectivity index (χ4n) is 2.88. The van der Waals surface area contributed by atoms with E-state index >= 15 is 0 Å². The van der Waals surface area contributed by atoms with Gasteiger partial charge in [-0.15, -0.1) is 0 Å². The SMILES string of the molecule is Cc1cc(C)c(OC(=O)c2ccc(C(=O)Oc3ccccc3)cc2)c(C)c1. The van der Waals surface area contributed by atoms with Crippen LogP contribution in [0.1, 0.15) is 37.4 Å². The van der Waals surface area contributed by atoms with Gasteiger partial charge in [-0.1, -0.05) is 35.9 Å². The molecule has 0 heterocycles. The van der Waals surface area contributed by atoms with Gasteiger partial charge in [-0.25, -0.2) is 9.59 Å². The van der Waals surface area contributed by atoms with E-state index in [1.165, 1.54) is 0 Å². The standard InChI is InChI=1S/C23H20O4/c1-15-13-16(2)21(17(3)14-15)27-23(25)19-11-9-18(10-12-19)22(24)26-20-7-5-4-6-8-20/h4-14H,1-3H3. The topological polar surface area (TPSA) is 52.6 Å². The van der Waals surface area contributed by atoms with Crippen LogP contribution in [-0.2, 0) is 0 Å². The first-order valence-electron chi connectivity index (χ1n) is 8.61. The van der Waals surface area contributed by atoms with E-state index in [2.05, 4.69) is 0 Å². The lowest BCUT2D eigenvalue weighted by Crippen LogP contribution is -2.12. The van der Waals surface area contributed by atoms with Crippen molar-refractivity contribution in [3.05, 3.63) is 94.5 Å². The molecule has 0 aliphatic carbocycles. The van der Waals surface area contributed by atoms with E-state index < -0.39 is 11.9 Å². The van der Waals surface area contributed by atoms with Crippen molar-refractivity contribution < 1.29 is 19.1 Å². The Morgan fingerprint density at radius 3 is 1.67 bits per heavy atom. The molecular formula is C23H20O4. The highest BCUT2D eigenvalue weighted by Crippen LogP contribution is 2.25. The number of benzene rings is 3. The molecule has 0 aromatic heterocycles. The molecule has 0 saturated heterocycles. The van der Waals surface area contributed by atoms with Crippen molar-refractivity contribution in [2.75, 3.05) is 0 Å². The van der Waals surface area contributed by atoms with Crippen LogP contribution >= 0.6 is 0 Å². The predicted molar refractivity (Wildman–Crippen MR) is 103 cm³/mol. The molecule has 3 aromatic carbocycles. The van der Waals surface area contributed by atoms with E-state index in [1.54, 1.807) is 48.5 Å². The number of hydrogen-bond donors (Lipinski definition) is 0. The first-order chi connectivity index (χ1) is 12.9. The Morgan fingerprint density at radius 1 is 0.667 bits per heavy atom. The van der Waals surface area contributed by atoms with Crippen LogP contribution < -0.4 is 9.47 Å². The van der Waals surface area contributed by atoms with Crippen molar-refractivity contribution in [1.82, 2.24) is 0 Å². The maximum absolute atomic E-state index is 12.4. The lowest BCUT2D eigenvalue weighted by molar-refractivity contribution is 0.0719. The zero-order valence-electron chi connectivity index (χ0n) is 15.5. The molecule has 4 nitrogen and oxygen atoms in total. The summed E-state index contributed by atoms with van der Waals surface area (Å²) in [5, 5.41) is 0. The van der Waals surface area contributed by atoms with Gasteiger partial charge in [0.25, 0.3) is 0 Å². The molecule has 0 atom stereocenters. The molecule has 0 radical (unpaired) electrons. The van der Waals surface area contributed by atoms with Gasteiger partial charge >= 0.3 is 11.9 Å². The van der Waals surface area contributed by atoms with Gasteiger partial charge < -0.3 is 9.47 Å². The molecule has 4 heteroatoms. The monoisotopic (exact) mass is 360 g/mol. The van der Waals surface area contributed by atoms with E-state index in [4.69, 9.17) is 9.47 Å². The Balaban J connectivity index is 1.71. The van der Waals surface area contributed by atoms with Crippen molar-refractivity contribution >= 4 is 11.9 Å². The maximum Gasteiger partial charge on any atom is 0.343 e. The minimum absolute atomic E-state index is 0.359.